The Morgan fingerprint density at radius 3 is 1.78 bits per heavy atom. The molecule has 0 aromatic heterocycles. The summed E-state index contributed by atoms with van der Waals surface area (Å²) in [6.45, 7) is 8.20. The van der Waals surface area contributed by atoms with Crippen LogP contribution in [0.1, 0.15) is 48.1 Å². The molecule has 0 spiro atoms. The van der Waals surface area contributed by atoms with E-state index in [1.54, 1.807) is 0 Å². The SMILES string of the molecule is C=Cc1cccc(CCc2ccc(CCC)cc2)c1.CCc1ccccc1. The Kier molecular flexibility index (Phi) is 9.13. The number of benzene rings is 3. The average molecular weight is 357 g/mol. The Bertz CT molecular complexity index is 782. The zero-order valence-electron chi connectivity index (χ0n) is 16.8. The summed E-state index contributed by atoms with van der Waals surface area (Å²) in [5, 5.41) is 0. The van der Waals surface area contributed by atoms with Crippen molar-refractivity contribution in [1.82, 2.24) is 0 Å². The topological polar surface area (TPSA) is 0 Å². The molecule has 0 heteroatoms. The molecule has 3 rings (SSSR count). The van der Waals surface area contributed by atoms with E-state index in [0.29, 0.717) is 0 Å². The molecule has 0 radical (unpaired) electrons. The molecule has 0 N–H and O–H groups in total. The highest BCUT2D eigenvalue weighted by Gasteiger charge is 1.98. The van der Waals surface area contributed by atoms with E-state index < -0.39 is 0 Å². The highest BCUT2D eigenvalue weighted by atomic mass is 14.0. The number of hydrogen-bond acceptors (Lipinski definition) is 0. The average Bonchev–Trinajstić information content (AvgIpc) is 2.74. The quantitative estimate of drug-likeness (QED) is 0.416. The lowest BCUT2D eigenvalue weighted by molar-refractivity contribution is 0.914. The third-order valence-electron chi connectivity index (χ3n) is 4.70. The van der Waals surface area contributed by atoms with Crippen LogP contribution in [0.15, 0.2) is 85.4 Å². The first-order chi connectivity index (χ1) is 13.2. The fourth-order valence-corrected chi connectivity index (χ4v) is 3.04. The van der Waals surface area contributed by atoms with Crippen molar-refractivity contribution >= 4 is 6.08 Å². The zero-order valence-corrected chi connectivity index (χ0v) is 16.8. The Morgan fingerprint density at radius 1 is 0.630 bits per heavy atom. The Morgan fingerprint density at radius 2 is 1.22 bits per heavy atom. The molecule has 0 unspecified atom stereocenters. The van der Waals surface area contributed by atoms with Crippen LogP contribution < -0.4 is 0 Å². The Labute approximate surface area is 165 Å². The van der Waals surface area contributed by atoms with Crippen molar-refractivity contribution in [3.63, 3.8) is 0 Å². The Balaban J connectivity index is 0.000000273. The molecule has 0 saturated carbocycles. The molecule has 3 aromatic carbocycles. The first kappa shape index (κ1) is 20.7. The van der Waals surface area contributed by atoms with Crippen LogP contribution in [-0.2, 0) is 25.7 Å². The molecule has 0 nitrogen and oxygen atoms in total. The van der Waals surface area contributed by atoms with E-state index in [2.05, 4.69) is 93.2 Å². The van der Waals surface area contributed by atoms with Gasteiger partial charge in [0, 0.05) is 0 Å². The highest BCUT2D eigenvalue weighted by Crippen LogP contribution is 2.12. The van der Waals surface area contributed by atoms with Crippen LogP contribution in [0.2, 0.25) is 0 Å². The van der Waals surface area contributed by atoms with Gasteiger partial charge in [-0.15, -0.1) is 0 Å². The molecule has 0 aliphatic carbocycles. The summed E-state index contributed by atoms with van der Waals surface area (Å²) in [6.07, 6.45) is 7.64. The molecular formula is C27H32. The van der Waals surface area contributed by atoms with Crippen LogP contribution in [0, 0.1) is 0 Å². The molecule has 3 aromatic rings. The fourth-order valence-electron chi connectivity index (χ4n) is 3.04. The van der Waals surface area contributed by atoms with E-state index in [-0.39, 0.29) is 0 Å². The lowest BCUT2D eigenvalue weighted by Gasteiger charge is -2.05. The number of aryl methyl sites for hydroxylation is 4. The monoisotopic (exact) mass is 356 g/mol. The van der Waals surface area contributed by atoms with Gasteiger partial charge >= 0.3 is 0 Å². The summed E-state index contributed by atoms with van der Waals surface area (Å²) in [7, 11) is 0. The smallest absolute Gasteiger partial charge is 0.0238 e. The lowest BCUT2D eigenvalue weighted by Crippen LogP contribution is -1.92. The van der Waals surface area contributed by atoms with Gasteiger partial charge in [-0.05, 0) is 53.5 Å². The molecule has 140 valence electrons. The van der Waals surface area contributed by atoms with Crippen molar-refractivity contribution in [2.45, 2.75) is 46.0 Å². The van der Waals surface area contributed by atoms with Gasteiger partial charge in [0.2, 0.25) is 0 Å². The summed E-state index contributed by atoms with van der Waals surface area (Å²) in [6, 6.07) is 28.1. The van der Waals surface area contributed by atoms with E-state index in [1.807, 2.05) is 12.1 Å². The fraction of sp³-hybridized carbons (Fsp3) is 0.259. The predicted octanol–water partition coefficient (Wildman–Crippen LogP) is 7.32. The van der Waals surface area contributed by atoms with Gasteiger partial charge in [-0.2, -0.15) is 0 Å². The van der Waals surface area contributed by atoms with E-state index in [4.69, 9.17) is 0 Å². The molecule has 0 heterocycles. The van der Waals surface area contributed by atoms with Gasteiger partial charge in [-0.25, -0.2) is 0 Å². The van der Waals surface area contributed by atoms with Crippen molar-refractivity contribution < 1.29 is 0 Å². The van der Waals surface area contributed by atoms with E-state index in [1.165, 1.54) is 40.7 Å². The molecule has 0 aliphatic heterocycles. The summed E-state index contributed by atoms with van der Waals surface area (Å²) in [4.78, 5) is 0. The number of rotatable bonds is 7. The van der Waals surface area contributed by atoms with E-state index in [0.717, 1.165) is 19.3 Å². The maximum atomic E-state index is 3.82. The van der Waals surface area contributed by atoms with Crippen LogP contribution in [-0.4, -0.2) is 0 Å². The minimum atomic E-state index is 1.09. The molecule has 0 atom stereocenters. The standard InChI is InChI=1S/C19H22.C8H10/c1-3-6-17-9-11-18(12-10-17)13-14-19-8-5-7-16(4-2)15-19;1-2-8-6-4-3-5-7-8/h4-5,7-12,15H,2-3,6,13-14H2,1H3;3-7H,2H2,1H3. The van der Waals surface area contributed by atoms with E-state index in [9.17, 15) is 0 Å². The van der Waals surface area contributed by atoms with Gasteiger partial charge in [0.05, 0.1) is 0 Å². The number of hydrogen-bond donors (Lipinski definition) is 0. The van der Waals surface area contributed by atoms with Gasteiger partial charge in [0.15, 0.2) is 0 Å². The van der Waals surface area contributed by atoms with Crippen LogP contribution in [0.4, 0.5) is 0 Å². The third kappa shape index (κ3) is 7.66. The van der Waals surface area contributed by atoms with Crippen molar-refractivity contribution in [2.24, 2.45) is 0 Å². The van der Waals surface area contributed by atoms with Crippen molar-refractivity contribution in [3.8, 4) is 0 Å². The normalized spacial score (nSPS) is 10.0. The van der Waals surface area contributed by atoms with Crippen LogP contribution in [0.25, 0.3) is 6.08 Å². The molecule has 0 aliphatic rings. The maximum Gasteiger partial charge on any atom is -0.0238 e. The lowest BCUT2D eigenvalue weighted by atomic mass is 10.0. The Hall–Kier alpha value is -2.60. The van der Waals surface area contributed by atoms with Crippen LogP contribution >= 0.6 is 0 Å². The van der Waals surface area contributed by atoms with Gasteiger partial charge in [-0.3, -0.25) is 0 Å². The largest absolute Gasteiger partial charge is 0.0985 e. The summed E-state index contributed by atoms with van der Waals surface area (Å²) in [5.74, 6) is 0. The predicted molar refractivity (Wildman–Crippen MR) is 120 cm³/mol. The van der Waals surface area contributed by atoms with Crippen LogP contribution in [0.3, 0.4) is 0 Å². The second-order valence-corrected chi connectivity index (χ2v) is 6.85. The second kappa shape index (κ2) is 11.9. The molecular weight excluding hydrogens is 324 g/mol. The van der Waals surface area contributed by atoms with Crippen molar-refractivity contribution in [3.05, 3.63) is 113 Å². The summed E-state index contributed by atoms with van der Waals surface area (Å²) < 4.78 is 0. The maximum absolute atomic E-state index is 3.82. The van der Waals surface area contributed by atoms with Crippen molar-refractivity contribution in [2.75, 3.05) is 0 Å². The molecule has 0 bridgehead atoms. The van der Waals surface area contributed by atoms with Crippen LogP contribution in [0.5, 0.6) is 0 Å². The summed E-state index contributed by atoms with van der Waals surface area (Å²) >= 11 is 0. The van der Waals surface area contributed by atoms with Crippen molar-refractivity contribution in [1.29, 1.82) is 0 Å². The zero-order chi connectivity index (χ0) is 19.3. The first-order valence-corrected chi connectivity index (χ1v) is 10.1. The molecule has 27 heavy (non-hydrogen) atoms. The summed E-state index contributed by atoms with van der Waals surface area (Å²) in [5.41, 5.74) is 6.86. The minimum Gasteiger partial charge on any atom is -0.0985 e. The van der Waals surface area contributed by atoms with Gasteiger partial charge < -0.3 is 0 Å². The second-order valence-electron chi connectivity index (χ2n) is 6.85. The molecule has 0 fully saturated rings. The van der Waals surface area contributed by atoms with Gasteiger partial charge in [-0.1, -0.05) is 112 Å². The molecule has 0 amide bonds. The molecule has 0 saturated heterocycles. The van der Waals surface area contributed by atoms with Gasteiger partial charge in [0.1, 0.15) is 0 Å². The third-order valence-corrected chi connectivity index (χ3v) is 4.70. The minimum absolute atomic E-state index is 1.09. The van der Waals surface area contributed by atoms with Gasteiger partial charge in [0.25, 0.3) is 0 Å². The first-order valence-electron chi connectivity index (χ1n) is 10.1. The van der Waals surface area contributed by atoms with E-state index >= 15 is 0 Å². The highest BCUT2D eigenvalue weighted by molar-refractivity contribution is 5.48.